The van der Waals surface area contributed by atoms with Gasteiger partial charge in [-0.25, -0.2) is 5.43 Å². The van der Waals surface area contributed by atoms with E-state index < -0.39 is 0 Å². The summed E-state index contributed by atoms with van der Waals surface area (Å²) in [5.74, 6) is 2.24. The van der Waals surface area contributed by atoms with Crippen LogP contribution in [-0.4, -0.2) is 31.6 Å². The van der Waals surface area contributed by atoms with Crippen LogP contribution >= 0.6 is 11.8 Å². The van der Waals surface area contributed by atoms with Gasteiger partial charge in [0.2, 0.25) is 5.91 Å². The number of nitrogens with zero attached hydrogens (tertiary/aromatic N) is 1. The molecule has 0 spiro atoms. The highest BCUT2D eigenvalue weighted by Gasteiger charge is 2.05. The lowest BCUT2D eigenvalue weighted by molar-refractivity contribution is -0.118. The number of ether oxygens (including phenoxy) is 2. The number of amides is 1. The quantitative estimate of drug-likeness (QED) is 0.383. The van der Waals surface area contributed by atoms with Gasteiger partial charge in [-0.3, -0.25) is 4.79 Å². The molecule has 0 aliphatic carbocycles. The molecule has 0 aromatic heterocycles. The van der Waals surface area contributed by atoms with Gasteiger partial charge in [0.05, 0.1) is 19.1 Å². The van der Waals surface area contributed by atoms with Crippen LogP contribution in [0.5, 0.6) is 11.5 Å². The van der Waals surface area contributed by atoms with Gasteiger partial charge in [0.1, 0.15) is 6.61 Å². The van der Waals surface area contributed by atoms with Crippen molar-refractivity contribution in [3.05, 3.63) is 71.8 Å². The molecule has 0 saturated carbocycles. The lowest BCUT2D eigenvalue weighted by Gasteiger charge is -2.09. The molecular formula is C21H24N2O3S. The maximum Gasteiger partial charge on any atom is 0.250 e. The third kappa shape index (κ3) is 6.83. The van der Waals surface area contributed by atoms with Crippen LogP contribution in [0.3, 0.4) is 0 Å². The molecule has 0 radical (unpaired) electrons. The minimum absolute atomic E-state index is 0.136. The van der Waals surface area contributed by atoms with Crippen molar-refractivity contribution in [1.82, 2.24) is 5.43 Å². The Labute approximate surface area is 164 Å². The fraction of sp³-hybridized carbons (Fsp3) is 0.238. The van der Waals surface area contributed by atoms with Crippen LogP contribution in [0.15, 0.2) is 60.2 Å². The second kappa shape index (κ2) is 11.1. The van der Waals surface area contributed by atoms with Crippen molar-refractivity contribution in [2.45, 2.75) is 12.7 Å². The van der Waals surface area contributed by atoms with Crippen LogP contribution in [0, 0.1) is 6.92 Å². The van der Waals surface area contributed by atoms with E-state index in [2.05, 4.69) is 36.2 Å². The van der Waals surface area contributed by atoms with Gasteiger partial charge in [0, 0.05) is 5.75 Å². The van der Waals surface area contributed by atoms with E-state index in [1.54, 1.807) is 43.3 Å². The molecule has 0 fully saturated rings. The molecule has 0 unspecified atom stereocenters. The van der Waals surface area contributed by atoms with Crippen molar-refractivity contribution in [2.24, 2.45) is 5.10 Å². The Bertz CT molecular complexity index is 806. The number of rotatable bonds is 10. The van der Waals surface area contributed by atoms with E-state index in [9.17, 15) is 4.79 Å². The molecule has 6 heteroatoms. The number of aryl methyl sites for hydroxylation is 1. The van der Waals surface area contributed by atoms with Crippen LogP contribution < -0.4 is 14.9 Å². The highest BCUT2D eigenvalue weighted by molar-refractivity contribution is 7.99. The molecule has 1 amide bonds. The first-order valence-electron chi connectivity index (χ1n) is 8.50. The van der Waals surface area contributed by atoms with Gasteiger partial charge >= 0.3 is 0 Å². The molecule has 0 atom stereocenters. The Balaban J connectivity index is 1.81. The number of carbonyl (C=O) groups is 1. The molecule has 0 bridgehead atoms. The molecule has 1 N–H and O–H groups in total. The topological polar surface area (TPSA) is 59.9 Å². The van der Waals surface area contributed by atoms with Crippen molar-refractivity contribution in [2.75, 3.05) is 19.5 Å². The van der Waals surface area contributed by atoms with Crippen LogP contribution in [0.1, 0.15) is 16.7 Å². The van der Waals surface area contributed by atoms with E-state index in [0.29, 0.717) is 23.9 Å². The molecule has 142 valence electrons. The van der Waals surface area contributed by atoms with Gasteiger partial charge in [0.25, 0.3) is 0 Å². The average Bonchev–Trinajstić information content (AvgIpc) is 2.68. The number of thioether (sulfide) groups is 1. The zero-order valence-corrected chi connectivity index (χ0v) is 16.4. The minimum atomic E-state index is -0.136. The van der Waals surface area contributed by atoms with Crippen LogP contribution in [0.4, 0.5) is 0 Å². The molecule has 0 saturated heterocycles. The van der Waals surface area contributed by atoms with Crippen molar-refractivity contribution < 1.29 is 14.3 Å². The molecule has 0 heterocycles. The van der Waals surface area contributed by atoms with Gasteiger partial charge < -0.3 is 9.47 Å². The molecule has 0 aliphatic heterocycles. The van der Waals surface area contributed by atoms with Gasteiger partial charge in [-0.15, -0.1) is 11.8 Å². The SMILES string of the molecule is C=CCOc1ccc(/C=N/NC(=O)CSCc2ccccc2C)cc1OC. The minimum Gasteiger partial charge on any atom is -0.493 e. The van der Waals surface area contributed by atoms with Crippen molar-refractivity contribution in [3.8, 4) is 11.5 Å². The first-order valence-corrected chi connectivity index (χ1v) is 9.65. The van der Waals surface area contributed by atoms with E-state index in [4.69, 9.17) is 9.47 Å². The number of benzene rings is 2. The van der Waals surface area contributed by atoms with Crippen LogP contribution in [-0.2, 0) is 10.5 Å². The number of hydrogen-bond donors (Lipinski definition) is 1. The molecule has 0 aliphatic rings. The number of carbonyl (C=O) groups excluding carboxylic acids is 1. The summed E-state index contributed by atoms with van der Waals surface area (Å²) in [4.78, 5) is 11.9. The van der Waals surface area contributed by atoms with Crippen LogP contribution in [0.2, 0.25) is 0 Å². The fourth-order valence-corrected chi connectivity index (χ4v) is 3.17. The van der Waals surface area contributed by atoms with Crippen molar-refractivity contribution in [1.29, 1.82) is 0 Å². The zero-order valence-electron chi connectivity index (χ0n) is 15.6. The van der Waals surface area contributed by atoms with E-state index in [0.717, 1.165) is 11.3 Å². The number of hydrazone groups is 1. The summed E-state index contributed by atoms with van der Waals surface area (Å²) in [7, 11) is 1.57. The third-order valence-electron chi connectivity index (χ3n) is 3.70. The van der Waals surface area contributed by atoms with E-state index in [1.807, 2.05) is 18.2 Å². The summed E-state index contributed by atoms with van der Waals surface area (Å²) in [6.45, 7) is 6.09. The van der Waals surface area contributed by atoms with Crippen molar-refractivity contribution >= 4 is 23.9 Å². The molecule has 2 aromatic carbocycles. The lowest BCUT2D eigenvalue weighted by Crippen LogP contribution is -2.19. The van der Waals surface area contributed by atoms with E-state index in [1.165, 1.54) is 11.1 Å². The summed E-state index contributed by atoms with van der Waals surface area (Å²) in [6, 6.07) is 13.6. The lowest BCUT2D eigenvalue weighted by atomic mass is 10.1. The summed E-state index contributed by atoms with van der Waals surface area (Å²) in [5, 5.41) is 4.00. The average molecular weight is 385 g/mol. The predicted octanol–water partition coefficient (Wildman–Crippen LogP) is 3.95. The molecule has 27 heavy (non-hydrogen) atoms. The smallest absolute Gasteiger partial charge is 0.250 e. The highest BCUT2D eigenvalue weighted by atomic mass is 32.2. The first-order chi connectivity index (χ1) is 13.1. The first kappa shape index (κ1) is 20.6. The Morgan fingerprint density at radius 1 is 1.26 bits per heavy atom. The highest BCUT2D eigenvalue weighted by Crippen LogP contribution is 2.27. The molecule has 2 rings (SSSR count). The standard InChI is InChI=1S/C21H24N2O3S/c1-4-11-26-19-10-9-17(12-20(19)25-3)13-22-23-21(24)15-27-14-18-8-6-5-7-16(18)2/h4-10,12-13H,1,11,14-15H2,2-3H3,(H,23,24)/b22-13+. The maximum absolute atomic E-state index is 11.9. The van der Waals surface area contributed by atoms with Crippen LogP contribution in [0.25, 0.3) is 0 Å². The molecular weight excluding hydrogens is 360 g/mol. The van der Waals surface area contributed by atoms with E-state index >= 15 is 0 Å². The van der Waals surface area contributed by atoms with Gasteiger partial charge in [-0.2, -0.15) is 5.10 Å². The predicted molar refractivity (Wildman–Crippen MR) is 112 cm³/mol. The molecule has 2 aromatic rings. The summed E-state index contributed by atoms with van der Waals surface area (Å²) in [6.07, 6.45) is 3.24. The second-order valence-electron chi connectivity index (χ2n) is 5.72. The Hall–Kier alpha value is -2.73. The fourth-order valence-electron chi connectivity index (χ4n) is 2.27. The van der Waals surface area contributed by atoms with Gasteiger partial charge in [0.15, 0.2) is 11.5 Å². The van der Waals surface area contributed by atoms with Gasteiger partial charge in [-0.05, 0) is 41.8 Å². The summed E-state index contributed by atoms with van der Waals surface area (Å²) in [5.41, 5.74) is 5.81. The number of methoxy groups -OCH3 is 1. The van der Waals surface area contributed by atoms with Gasteiger partial charge in [-0.1, -0.05) is 36.9 Å². The van der Waals surface area contributed by atoms with Crippen molar-refractivity contribution in [3.63, 3.8) is 0 Å². The monoisotopic (exact) mass is 384 g/mol. The Morgan fingerprint density at radius 2 is 2.07 bits per heavy atom. The molecule has 5 nitrogen and oxygen atoms in total. The summed E-state index contributed by atoms with van der Waals surface area (Å²) < 4.78 is 10.8. The Morgan fingerprint density at radius 3 is 2.81 bits per heavy atom. The normalized spacial score (nSPS) is 10.6. The number of nitrogens with one attached hydrogen (secondary N) is 1. The Kier molecular flexibility index (Phi) is 8.45. The zero-order chi connectivity index (χ0) is 19.5. The maximum atomic E-state index is 11.9. The third-order valence-corrected chi connectivity index (χ3v) is 4.68. The largest absolute Gasteiger partial charge is 0.493 e. The summed E-state index contributed by atoms with van der Waals surface area (Å²) >= 11 is 1.56. The van der Waals surface area contributed by atoms with E-state index in [-0.39, 0.29) is 5.91 Å². The second-order valence-corrected chi connectivity index (χ2v) is 6.71. The number of hydrogen-bond acceptors (Lipinski definition) is 5.